The molecule has 0 spiro atoms. The second kappa shape index (κ2) is 8.48. The first-order valence-electron chi connectivity index (χ1n) is 6.80. The molecule has 1 atom stereocenters. The van der Waals surface area contributed by atoms with Gasteiger partial charge in [0, 0.05) is 26.6 Å². The Morgan fingerprint density at radius 1 is 1.35 bits per heavy atom. The SMILES string of the molecule is CNC(=O)C[C@H]1CCN(CCCCCCO)C1. The molecule has 1 aliphatic heterocycles. The van der Waals surface area contributed by atoms with Crippen LogP contribution in [0.25, 0.3) is 0 Å². The first-order chi connectivity index (χ1) is 8.26. The summed E-state index contributed by atoms with van der Waals surface area (Å²) in [6.45, 7) is 3.68. The van der Waals surface area contributed by atoms with Crippen molar-refractivity contribution in [2.45, 2.75) is 38.5 Å². The first-order valence-corrected chi connectivity index (χ1v) is 6.80. The Hall–Kier alpha value is -0.610. The van der Waals surface area contributed by atoms with Crippen LogP contribution in [0.1, 0.15) is 38.5 Å². The van der Waals surface area contributed by atoms with Crippen molar-refractivity contribution in [2.24, 2.45) is 5.92 Å². The van der Waals surface area contributed by atoms with Gasteiger partial charge in [0.15, 0.2) is 0 Å². The second-order valence-electron chi connectivity index (χ2n) is 4.97. The molecule has 0 aromatic rings. The van der Waals surface area contributed by atoms with Gasteiger partial charge in [0.05, 0.1) is 0 Å². The van der Waals surface area contributed by atoms with E-state index < -0.39 is 0 Å². The summed E-state index contributed by atoms with van der Waals surface area (Å²) in [5, 5.41) is 11.4. The van der Waals surface area contributed by atoms with E-state index in [0.717, 1.165) is 38.9 Å². The summed E-state index contributed by atoms with van der Waals surface area (Å²) in [6.07, 6.45) is 6.32. The lowest BCUT2D eigenvalue weighted by Gasteiger charge is -2.15. The molecule has 0 saturated carbocycles. The van der Waals surface area contributed by atoms with Crippen molar-refractivity contribution in [3.63, 3.8) is 0 Å². The van der Waals surface area contributed by atoms with Crippen LogP contribution < -0.4 is 5.32 Å². The zero-order valence-electron chi connectivity index (χ0n) is 11.0. The molecule has 0 aromatic heterocycles. The third kappa shape index (κ3) is 6.03. The predicted octanol–water partition coefficient (Wildman–Crippen LogP) is 0.997. The van der Waals surface area contributed by atoms with Gasteiger partial charge >= 0.3 is 0 Å². The van der Waals surface area contributed by atoms with Gasteiger partial charge < -0.3 is 15.3 Å². The molecule has 100 valence electrons. The van der Waals surface area contributed by atoms with Crippen molar-refractivity contribution in [3.05, 3.63) is 0 Å². The predicted molar refractivity (Wildman–Crippen MR) is 68.8 cm³/mol. The number of hydrogen-bond acceptors (Lipinski definition) is 3. The molecule has 1 fully saturated rings. The number of aliphatic hydroxyl groups excluding tert-OH is 1. The Balaban J connectivity index is 2.03. The Bertz CT molecular complexity index is 221. The Morgan fingerprint density at radius 2 is 2.12 bits per heavy atom. The topological polar surface area (TPSA) is 52.6 Å². The van der Waals surface area contributed by atoms with Crippen LogP contribution in [-0.4, -0.2) is 49.2 Å². The van der Waals surface area contributed by atoms with Crippen molar-refractivity contribution in [1.29, 1.82) is 0 Å². The molecule has 4 nitrogen and oxygen atoms in total. The molecule has 1 saturated heterocycles. The number of aliphatic hydroxyl groups is 1. The quantitative estimate of drug-likeness (QED) is 0.624. The number of amides is 1. The van der Waals surface area contributed by atoms with Crippen LogP contribution in [0.4, 0.5) is 0 Å². The molecule has 1 heterocycles. The molecular formula is C13H26N2O2. The fraction of sp³-hybridized carbons (Fsp3) is 0.923. The zero-order chi connectivity index (χ0) is 12.5. The molecule has 0 unspecified atom stereocenters. The van der Waals surface area contributed by atoms with E-state index in [4.69, 9.17) is 5.11 Å². The van der Waals surface area contributed by atoms with Crippen molar-refractivity contribution >= 4 is 5.91 Å². The zero-order valence-corrected chi connectivity index (χ0v) is 11.0. The number of nitrogens with zero attached hydrogens (tertiary/aromatic N) is 1. The van der Waals surface area contributed by atoms with Crippen LogP contribution in [0.15, 0.2) is 0 Å². The van der Waals surface area contributed by atoms with Crippen LogP contribution in [-0.2, 0) is 4.79 Å². The second-order valence-corrected chi connectivity index (χ2v) is 4.97. The molecule has 17 heavy (non-hydrogen) atoms. The Labute approximate surface area is 104 Å². The van der Waals surface area contributed by atoms with E-state index >= 15 is 0 Å². The Morgan fingerprint density at radius 3 is 2.82 bits per heavy atom. The van der Waals surface area contributed by atoms with Crippen LogP contribution in [0.3, 0.4) is 0 Å². The fourth-order valence-electron chi connectivity index (χ4n) is 2.45. The molecule has 0 bridgehead atoms. The van der Waals surface area contributed by atoms with Gasteiger partial charge in [-0.15, -0.1) is 0 Å². The minimum absolute atomic E-state index is 0.166. The summed E-state index contributed by atoms with van der Waals surface area (Å²) in [5.74, 6) is 0.715. The minimum atomic E-state index is 0.166. The highest BCUT2D eigenvalue weighted by atomic mass is 16.2. The molecule has 0 aliphatic carbocycles. The number of likely N-dealkylation sites (tertiary alicyclic amines) is 1. The van der Waals surface area contributed by atoms with Gasteiger partial charge in [-0.3, -0.25) is 4.79 Å². The number of nitrogens with one attached hydrogen (secondary N) is 1. The van der Waals surface area contributed by atoms with E-state index in [-0.39, 0.29) is 5.91 Å². The lowest BCUT2D eigenvalue weighted by atomic mass is 10.0. The van der Waals surface area contributed by atoms with Crippen molar-refractivity contribution in [2.75, 3.05) is 33.3 Å². The number of hydrogen-bond donors (Lipinski definition) is 2. The monoisotopic (exact) mass is 242 g/mol. The lowest BCUT2D eigenvalue weighted by molar-refractivity contribution is -0.121. The third-order valence-electron chi connectivity index (χ3n) is 3.51. The summed E-state index contributed by atoms with van der Waals surface area (Å²) in [6, 6.07) is 0. The smallest absolute Gasteiger partial charge is 0.220 e. The highest BCUT2D eigenvalue weighted by molar-refractivity contribution is 5.75. The van der Waals surface area contributed by atoms with Crippen LogP contribution in [0.2, 0.25) is 0 Å². The highest BCUT2D eigenvalue weighted by Crippen LogP contribution is 2.19. The van der Waals surface area contributed by atoms with E-state index in [1.54, 1.807) is 7.05 Å². The summed E-state index contributed by atoms with van der Waals surface area (Å²) < 4.78 is 0. The van der Waals surface area contributed by atoms with E-state index in [2.05, 4.69) is 10.2 Å². The Kier molecular flexibility index (Phi) is 7.21. The van der Waals surface area contributed by atoms with Gasteiger partial charge in [-0.2, -0.15) is 0 Å². The molecule has 2 N–H and O–H groups in total. The van der Waals surface area contributed by atoms with Crippen molar-refractivity contribution in [3.8, 4) is 0 Å². The van der Waals surface area contributed by atoms with E-state index in [1.165, 1.54) is 12.8 Å². The summed E-state index contributed by atoms with van der Waals surface area (Å²) in [7, 11) is 1.70. The average Bonchev–Trinajstić information content (AvgIpc) is 2.76. The average molecular weight is 242 g/mol. The molecular weight excluding hydrogens is 216 g/mol. The van der Waals surface area contributed by atoms with E-state index in [1.807, 2.05) is 0 Å². The largest absolute Gasteiger partial charge is 0.396 e. The molecule has 1 rings (SSSR count). The number of carbonyl (C=O) groups excluding carboxylic acids is 1. The number of unbranched alkanes of at least 4 members (excludes halogenated alkanes) is 3. The van der Waals surface area contributed by atoms with Crippen LogP contribution >= 0.6 is 0 Å². The van der Waals surface area contributed by atoms with Gasteiger partial charge in [-0.25, -0.2) is 0 Å². The minimum Gasteiger partial charge on any atom is -0.396 e. The molecule has 0 radical (unpaired) electrons. The molecule has 1 aliphatic rings. The van der Waals surface area contributed by atoms with E-state index in [9.17, 15) is 4.79 Å². The lowest BCUT2D eigenvalue weighted by Crippen LogP contribution is -2.25. The fourth-order valence-corrected chi connectivity index (χ4v) is 2.45. The summed E-state index contributed by atoms with van der Waals surface area (Å²) >= 11 is 0. The van der Waals surface area contributed by atoms with Gasteiger partial charge in [0.25, 0.3) is 0 Å². The number of carbonyl (C=O) groups is 1. The standard InChI is InChI=1S/C13H26N2O2/c1-14-13(17)10-12-6-8-15(11-12)7-4-2-3-5-9-16/h12,16H,2-11H2,1H3,(H,14,17)/t12-/m1/s1. The van der Waals surface area contributed by atoms with Gasteiger partial charge in [-0.05, 0) is 38.3 Å². The first kappa shape index (κ1) is 14.5. The third-order valence-corrected chi connectivity index (χ3v) is 3.51. The molecule has 1 amide bonds. The molecule has 4 heteroatoms. The maximum Gasteiger partial charge on any atom is 0.220 e. The van der Waals surface area contributed by atoms with Crippen molar-refractivity contribution in [1.82, 2.24) is 10.2 Å². The number of rotatable bonds is 8. The van der Waals surface area contributed by atoms with Gasteiger partial charge in [-0.1, -0.05) is 12.8 Å². The normalized spacial score (nSPS) is 20.7. The molecule has 0 aromatic carbocycles. The van der Waals surface area contributed by atoms with Crippen LogP contribution in [0.5, 0.6) is 0 Å². The van der Waals surface area contributed by atoms with Crippen molar-refractivity contribution < 1.29 is 9.90 Å². The summed E-state index contributed by atoms with van der Waals surface area (Å²) in [4.78, 5) is 13.7. The maximum atomic E-state index is 11.3. The van der Waals surface area contributed by atoms with Gasteiger partial charge in [0.2, 0.25) is 5.91 Å². The maximum absolute atomic E-state index is 11.3. The van der Waals surface area contributed by atoms with E-state index in [0.29, 0.717) is 18.9 Å². The van der Waals surface area contributed by atoms with Gasteiger partial charge in [0.1, 0.15) is 0 Å². The summed E-state index contributed by atoms with van der Waals surface area (Å²) in [5.41, 5.74) is 0. The van der Waals surface area contributed by atoms with Crippen LogP contribution in [0, 0.1) is 5.92 Å². The highest BCUT2D eigenvalue weighted by Gasteiger charge is 2.23.